The van der Waals surface area contributed by atoms with E-state index in [1.807, 2.05) is 84.9 Å². The van der Waals surface area contributed by atoms with Crippen LogP contribution in [0.1, 0.15) is 5.56 Å². The number of halogens is 1. The predicted octanol–water partition coefficient (Wildman–Crippen LogP) is 6.93. The molecular weight excluding hydrogens is 464 g/mol. The summed E-state index contributed by atoms with van der Waals surface area (Å²) in [6.07, 6.45) is 1.68. The highest BCUT2D eigenvalue weighted by molar-refractivity contribution is 6.27. The Kier molecular flexibility index (Phi) is 6.63. The topological polar surface area (TPSA) is 73.6 Å². The van der Waals surface area contributed by atoms with Gasteiger partial charge in [-0.25, -0.2) is 0 Å². The van der Waals surface area contributed by atoms with Crippen molar-refractivity contribution in [2.75, 3.05) is 5.88 Å². The van der Waals surface area contributed by atoms with Crippen LogP contribution in [0.3, 0.4) is 0 Å². The molecule has 7 heteroatoms. The third kappa shape index (κ3) is 5.45. The molecule has 3 aromatic carbocycles. The first-order valence-corrected chi connectivity index (χ1v) is 11.5. The monoisotopic (exact) mass is 484 g/mol. The second kappa shape index (κ2) is 10.3. The molecule has 0 aliphatic heterocycles. The largest absolute Gasteiger partial charge is 0.457 e. The molecule has 0 bridgehead atoms. The summed E-state index contributed by atoms with van der Waals surface area (Å²) in [5.41, 5.74) is 3.04. The highest BCUT2D eigenvalue weighted by Gasteiger charge is 2.13. The van der Waals surface area contributed by atoms with Crippen LogP contribution in [0.4, 0.5) is 0 Å². The van der Waals surface area contributed by atoms with Crippen molar-refractivity contribution in [3.63, 3.8) is 0 Å². The van der Waals surface area contributed by atoms with Crippen LogP contribution in [0.15, 0.2) is 102 Å². The first kappa shape index (κ1) is 22.5. The molecule has 5 rings (SSSR count). The highest BCUT2D eigenvalue weighted by Crippen LogP contribution is 2.35. The summed E-state index contributed by atoms with van der Waals surface area (Å²) in [6, 6.07) is 28.4. The Morgan fingerprint density at radius 2 is 1.60 bits per heavy atom. The summed E-state index contributed by atoms with van der Waals surface area (Å²) in [5, 5.41) is 2.76. The molecule has 0 aliphatic rings. The van der Waals surface area contributed by atoms with E-state index < -0.39 is 0 Å². The molecule has 0 saturated carbocycles. The molecule has 2 aromatic heterocycles. The minimum atomic E-state index is -0.216. The van der Waals surface area contributed by atoms with Crippen molar-refractivity contribution in [1.29, 1.82) is 0 Å². The fourth-order valence-electron chi connectivity index (χ4n) is 3.55. The molecule has 5 aromatic rings. The number of fused-ring (bicyclic) bond motifs is 1. The van der Waals surface area contributed by atoms with Crippen molar-refractivity contribution < 1.29 is 18.7 Å². The lowest BCUT2D eigenvalue weighted by atomic mass is 10.1. The number of benzene rings is 3. The van der Waals surface area contributed by atoms with Crippen molar-refractivity contribution >= 4 is 28.6 Å². The molecule has 0 radical (unpaired) electrons. The second-order valence-electron chi connectivity index (χ2n) is 7.73. The molecular formula is C28H21ClN2O4. The SMILES string of the molecule is O=C(CCl)NCc1cccc(-c2cc3nccc(Oc4ccc(Oc5ccccc5)cc4)c3o2)c1. The maximum Gasteiger partial charge on any atom is 0.235 e. The Hall–Kier alpha value is -4.29. The van der Waals surface area contributed by atoms with Gasteiger partial charge in [-0.1, -0.05) is 36.4 Å². The highest BCUT2D eigenvalue weighted by atomic mass is 35.5. The van der Waals surface area contributed by atoms with E-state index in [-0.39, 0.29) is 11.8 Å². The Morgan fingerprint density at radius 3 is 2.37 bits per heavy atom. The summed E-state index contributed by atoms with van der Waals surface area (Å²) in [7, 11) is 0. The molecule has 0 spiro atoms. The first-order chi connectivity index (χ1) is 17.2. The molecule has 0 aliphatic carbocycles. The Labute approximate surface area is 207 Å². The van der Waals surface area contributed by atoms with Crippen LogP contribution in [0.2, 0.25) is 0 Å². The van der Waals surface area contributed by atoms with Gasteiger partial charge in [-0.2, -0.15) is 0 Å². The third-order valence-corrected chi connectivity index (χ3v) is 5.47. The number of furan rings is 1. The van der Waals surface area contributed by atoms with Gasteiger partial charge in [0.2, 0.25) is 5.91 Å². The van der Waals surface area contributed by atoms with E-state index in [1.54, 1.807) is 12.3 Å². The Balaban J connectivity index is 1.34. The maximum atomic E-state index is 11.5. The van der Waals surface area contributed by atoms with Crippen molar-refractivity contribution in [3.05, 3.63) is 103 Å². The quantitative estimate of drug-likeness (QED) is 0.242. The standard InChI is InChI=1S/C28H21ClN2O4/c29-17-27(32)31-18-19-5-4-6-20(15-19)26-16-24-28(35-26)25(13-14-30-24)34-23-11-9-22(10-12-23)33-21-7-2-1-3-8-21/h1-16H,17-18H2,(H,31,32). The van der Waals surface area contributed by atoms with E-state index in [1.165, 1.54) is 0 Å². The van der Waals surface area contributed by atoms with Gasteiger partial charge in [-0.3, -0.25) is 9.78 Å². The molecule has 6 nitrogen and oxygen atoms in total. The number of aromatic nitrogens is 1. The molecule has 2 heterocycles. The lowest BCUT2D eigenvalue weighted by molar-refractivity contribution is -0.118. The maximum absolute atomic E-state index is 11.5. The van der Waals surface area contributed by atoms with Gasteiger partial charge in [0, 0.05) is 30.4 Å². The first-order valence-electron chi connectivity index (χ1n) is 11.0. The number of para-hydroxylation sites is 1. The number of pyridine rings is 1. The fourth-order valence-corrected chi connectivity index (χ4v) is 3.64. The zero-order chi connectivity index (χ0) is 24.0. The summed E-state index contributed by atoms with van der Waals surface area (Å²) in [4.78, 5) is 15.9. The number of carbonyl (C=O) groups excluding carboxylic acids is 1. The number of carbonyl (C=O) groups is 1. The number of nitrogens with zero attached hydrogens (tertiary/aromatic N) is 1. The van der Waals surface area contributed by atoms with Crippen LogP contribution < -0.4 is 14.8 Å². The molecule has 0 atom stereocenters. The van der Waals surface area contributed by atoms with Crippen LogP contribution in [-0.2, 0) is 11.3 Å². The van der Waals surface area contributed by atoms with E-state index >= 15 is 0 Å². The summed E-state index contributed by atoms with van der Waals surface area (Å²) in [6.45, 7) is 0.385. The normalized spacial score (nSPS) is 10.8. The zero-order valence-electron chi connectivity index (χ0n) is 18.6. The van der Waals surface area contributed by atoms with Gasteiger partial charge in [0.05, 0.1) is 0 Å². The van der Waals surface area contributed by atoms with Crippen molar-refractivity contribution in [2.24, 2.45) is 0 Å². The summed E-state index contributed by atoms with van der Waals surface area (Å²) in [5.74, 6) is 3.06. The lowest BCUT2D eigenvalue weighted by Crippen LogP contribution is -2.23. The minimum absolute atomic E-state index is 0.0690. The van der Waals surface area contributed by atoms with Crippen LogP contribution in [0, 0.1) is 0 Å². The molecule has 1 amide bonds. The van der Waals surface area contributed by atoms with Gasteiger partial charge < -0.3 is 19.2 Å². The Bertz CT molecular complexity index is 1450. The van der Waals surface area contributed by atoms with Crippen LogP contribution in [-0.4, -0.2) is 16.8 Å². The molecule has 1 N–H and O–H groups in total. The van der Waals surface area contributed by atoms with Gasteiger partial charge in [-0.05, 0) is 48.0 Å². The van der Waals surface area contributed by atoms with Crippen LogP contribution in [0.25, 0.3) is 22.4 Å². The molecule has 0 saturated heterocycles. The van der Waals surface area contributed by atoms with Gasteiger partial charge in [-0.15, -0.1) is 11.6 Å². The zero-order valence-corrected chi connectivity index (χ0v) is 19.4. The smallest absolute Gasteiger partial charge is 0.235 e. The predicted molar refractivity (Wildman–Crippen MR) is 135 cm³/mol. The van der Waals surface area contributed by atoms with Crippen molar-refractivity contribution in [2.45, 2.75) is 6.54 Å². The van der Waals surface area contributed by atoms with E-state index in [9.17, 15) is 4.79 Å². The fraction of sp³-hybridized carbons (Fsp3) is 0.0714. The molecule has 0 fully saturated rings. The number of alkyl halides is 1. The molecule has 0 unspecified atom stereocenters. The second-order valence-corrected chi connectivity index (χ2v) is 8.00. The van der Waals surface area contributed by atoms with E-state index in [2.05, 4.69) is 10.3 Å². The van der Waals surface area contributed by atoms with Crippen molar-refractivity contribution in [1.82, 2.24) is 10.3 Å². The van der Waals surface area contributed by atoms with E-state index in [0.717, 1.165) is 16.9 Å². The lowest BCUT2D eigenvalue weighted by Gasteiger charge is -2.08. The van der Waals surface area contributed by atoms with Gasteiger partial charge >= 0.3 is 0 Å². The van der Waals surface area contributed by atoms with Crippen molar-refractivity contribution in [3.8, 4) is 34.3 Å². The van der Waals surface area contributed by atoms with E-state index in [0.29, 0.717) is 40.7 Å². The summed E-state index contributed by atoms with van der Waals surface area (Å²) < 4.78 is 18.1. The number of nitrogens with one attached hydrogen (secondary N) is 1. The van der Waals surface area contributed by atoms with Crippen LogP contribution >= 0.6 is 11.6 Å². The van der Waals surface area contributed by atoms with E-state index in [4.69, 9.17) is 25.5 Å². The van der Waals surface area contributed by atoms with Gasteiger partial charge in [0.1, 0.15) is 34.4 Å². The Morgan fingerprint density at radius 1 is 0.857 bits per heavy atom. The van der Waals surface area contributed by atoms with Crippen LogP contribution in [0.5, 0.6) is 23.0 Å². The number of hydrogen-bond donors (Lipinski definition) is 1. The molecule has 174 valence electrons. The molecule has 35 heavy (non-hydrogen) atoms. The number of hydrogen-bond acceptors (Lipinski definition) is 5. The average molecular weight is 485 g/mol. The van der Waals surface area contributed by atoms with Gasteiger partial charge in [0.15, 0.2) is 11.3 Å². The average Bonchev–Trinajstić information content (AvgIpc) is 3.35. The number of ether oxygens (including phenoxy) is 2. The van der Waals surface area contributed by atoms with Gasteiger partial charge in [0.25, 0.3) is 0 Å². The minimum Gasteiger partial charge on any atom is -0.457 e. The number of amides is 1. The third-order valence-electron chi connectivity index (χ3n) is 5.23. The number of rotatable bonds is 8. The summed E-state index contributed by atoms with van der Waals surface area (Å²) >= 11 is 5.55.